The summed E-state index contributed by atoms with van der Waals surface area (Å²) in [4.78, 5) is 12.3. The number of carbonyl (C=O) groups excluding carboxylic acids is 1. The summed E-state index contributed by atoms with van der Waals surface area (Å²) < 4.78 is 5.47. The zero-order chi connectivity index (χ0) is 16.9. The Morgan fingerprint density at radius 1 is 1.50 bits per heavy atom. The maximum Gasteiger partial charge on any atom is 0.222 e. The summed E-state index contributed by atoms with van der Waals surface area (Å²) in [5, 5.41) is 15.2. The van der Waals surface area contributed by atoms with Gasteiger partial charge in [0.2, 0.25) is 5.91 Å². The Kier molecular flexibility index (Phi) is 5.29. The average Bonchev–Trinajstić information content (AvgIpc) is 3.08. The first-order valence-corrected chi connectivity index (χ1v) is 8.36. The minimum atomic E-state index is -0.141. The van der Waals surface area contributed by atoms with Gasteiger partial charge in [0.1, 0.15) is 6.23 Å². The van der Waals surface area contributed by atoms with Crippen LogP contribution in [0.2, 0.25) is 0 Å². The van der Waals surface area contributed by atoms with Crippen molar-refractivity contribution < 1.29 is 9.53 Å². The van der Waals surface area contributed by atoms with Crippen molar-refractivity contribution in [1.29, 1.82) is 5.26 Å². The van der Waals surface area contributed by atoms with Gasteiger partial charge in [-0.1, -0.05) is 12.1 Å². The molecule has 1 saturated heterocycles. The van der Waals surface area contributed by atoms with Crippen molar-refractivity contribution in [3.8, 4) is 6.07 Å². The number of hydrogen-bond acceptors (Lipinski definition) is 4. The first kappa shape index (κ1) is 16.7. The van der Waals surface area contributed by atoms with Crippen LogP contribution in [-0.4, -0.2) is 25.3 Å². The minimum absolute atomic E-state index is 0.00375. The molecule has 1 fully saturated rings. The third-order valence-corrected chi connectivity index (χ3v) is 4.48. The molecular formula is C19H22N3O2. The summed E-state index contributed by atoms with van der Waals surface area (Å²) in [6, 6.07) is 7.86. The van der Waals surface area contributed by atoms with E-state index < -0.39 is 0 Å². The molecule has 2 aliphatic rings. The SMILES string of the molecule is Cc1cc(C#N)ccc1C1=CCN[CH][C@@H]1CC(=O)N[C@H]1CCCO1. The normalized spacial score (nSPS) is 23.4. The molecular weight excluding hydrogens is 302 g/mol. The minimum Gasteiger partial charge on any atom is -0.359 e. The lowest BCUT2D eigenvalue weighted by Crippen LogP contribution is -2.36. The van der Waals surface area contributed by atoms with Gasteiger partial charge in [0.05, 0.1) is 11.6 Å². The van der Waals surface area contributed by atoms with Gasteiger partial charge in [-0.15, -0.1) is 0 Å². The number of nitrogens with one attached hydrogen (secondary N) is 2. The molecule has 2 atom stereocenters. The topological polar surface area (TPSA) is 74.2 Å². The zero-order valence-electron chi connectivity index (χ0n) is 13.8. The molecule has 5 nitrogen and oxygen atoms in total. The van der Waals surface area contributed by atoms with Crippen LogP contribution in [-0.2, 0) is 9.53 Å². The number of amides is 1. The van der Waals surface area contributed by atoms with Gasteiger partial charge < -0.3 is 15.4 Å². The number of benzene rings is 1. The summed E-state index contributed by atoms with van der Waals surface area (Å²) in [6.07, 6.45) is 4.25. The van der Waals surface area contributed by atoms with Crippen molar-refractivity contribution in [3.05, 3.63) is 47.5 Å². The van der Waals surface area contributed by atoms with Crippen molar-refractivity contribution in [3.63, 3.8) is 0 Å². The predicted molar refractivity (Wildman–Crippen MR) is 91.4 cm³/mol. The molecule has 1 aromatic carbocycles. The highest BCUT2D eigenvalue weighted by Gasteiger charge is 2.25. The molecule has 2 heterocycles. The molecule has 5 heteroatoms. The van der Waals surface area contributed by atoms with Crippen LogP contribution in [0.25, 0.3) is 5.57 Å². The second kappa shape index (κ2) is 7.61. The fraction of sp³-hybridized carbons (Fsp3) is 0.421. The van der Waals surface area contributed by atoms with Crippen molar-refractivity contribution in [1.82, 2.24) is 10.6 Å². The first-order valence-electron chi connectivity index (χ1n) is 8.36. The Bertz CT molecular complexity index is 684. The molecule has 125 valence electrons. The fourth-order valence-corrected chi connectivity index (χ4v) is 3.29. The van der Waals surface area contributed by atoms with E-state index in [-0.39, 0.29) is 18.1 Å². The summed E-state index contributed by atoms with van der Waals surface area (Å²) in [6.45, 7) is 5.46. The number of ether oxygens (including phenoxy) is 1. The number of aryl methyl sites for hydroxylation is 1. The Hall–Kier alpha value is -2.16. The van der Waals surface area contributed by atoms with E-state index in [4.69, 9.17) is 10.00 Å². The van der Waals surface area contributed by atoms with E-state index in [1.807, 2.05) is 31.7 Å². The molecule has 0 saturated carbocycles. The van der Waals surface area contributed by atoms with Gasteiger partial charge in [-0.05, 0) is 48.6 Å². The van der Waals surface area contributed by atoms with Crippen molar-refractivity contribution in [2.24, 2.45) is 5.92 Å². The third kappa shape index (κ3) is 3.84. The Morgan fingerprint density at radius 2 is 2.38 bits per heavy atom. The lowest BCUT2D eigenvalue weighted by atomic mass is 9.85. The van der Waals surface area contributed by atoms with E-state index in [0.717, 1.165) is 42.7 Å². The van der Waals surface area contributed by atoms with Crippen LogP contribution in [0.15, 0.2) is 24.3 Å². The van der Waals surface area contributed by atoms with Crippen molar-refractivity contribution >= 4 is 11.5 Å². The van der Waals surface area contributed by atoms with E-state index >= 15 is 0 Å². The maximum absolute atomic E-state index is 12.3. The number of carbonyl (C=O) groups is 1. The Balaban J connectivity index is 1.72. The van der Waals surface area contributed by atoms with E-state index in [2.05, 4.69) is 22.8 Å². The maximum atomic E-state index is 12.3. The van der Waals surface area contributed by atoms with E-state index in [9.17, 15) is 4.79 Å². The average molecular weight is 324 g/mol. The Morgan fingerprint density at radius 3 is 3.08 bits per heavy atom. The molecule has 0 spiro atoms. The van der Waals surface area contributed by atoms with Gasteiger partial charge >= 0.3 is 0 Å². The molecule has 0 unspecified atom stereocenters. The fourth-order valence-electron chi connectivity index (χ4n) is 3.29. The lowest BCUT2D eigenvalue weighted by Gasteiger charge is -2.26. The molecule has 1 radical (unpaired) electrons. The molecule has 0 aromatic heterocycles. The third-order valence-electron chi connectivity index (χ3n) is 4.48. The highest BCUT2D eigenvalue weighted by Crippen LogP contribution is 2.32. The van der Waals surface area contributed by atoms with Crippen LogP contribution in [0.3, 0.4) is 0 Å². The zero-order valence-corrected chi connectivity index (χ0v) is 13.8. The van der Waals surface area contributed by atoms with E-state index in [1.54, 1.807) is 0 Å². The molecule has 24 heavy (non-hydrogen) atoms. The number of nitriles is 1. The second-order valence-electron chi connectivity index (χ2n) is 6.26. The van der Waals surface area contributed by atoms with Gasteiger partial charge in [-0.2, -0.15) is 5.26 Å². The molecule has 0 bridgehead atoms. The van der Waals surface area contributed by atoms with Crippen LogP contribution in [0, 0.1) is 30.7 Å². The summed E-state index contributed by atoms with van der Waals surface area (Å²) >= 11 is 0. The highest BCUT2D eigenvalue weighted by molar-refractivity contribution is 5.81. The monoisotopic (exact) mass is 324 g/mol. The molecule has 1 amide bonds. The smallest absolute Gasteiger partial charge is 0.222 e. The Labute approximate surface area is 142 Å². The van der Waals surface area contributed by atoms with Gasteiger partial charge in [0.25, 0.3) is 0 Å². The molecule has 2 aliphatic heterocycles. The van der Waals surface area contributed by atoms with Crippen LogP contribution in [0.4, 0.5) is 0 Å². The molecule has 0 aliphatic carbocycles. The van der Waals surface area contributed by atoms with Crippen LogP contribution in [0.5, 0.6) is 0 Å². The van der Waals surface area contributed by atoms with Crippen molar-refractivity contribution in [2.75, 3.05) is 13.2 Å². The lowest BCUT2D eigenvalue weighted by molar-refractivity contribution is -0.124. The van der Waals surface area contributed by atoms with Crippen LogP contribution in [0.1, 0.15) is 36.0 Å². The standard InChI is InChI=1S/C19H22N3O2/c1-13-9-14(11-20)4-5-16(13)17-6-7-21-12-15(17)10-18(23)22-19-3-2-8-24-19/h4-6,9,12,15,19,21H,2-3,7-8,10H2,1H3,(H,22,23)/t15-,19+/m0/s1. The second-order valence-corrected chi connectivity index (χ2v) is 6.26. The summed E-state index contributed by atoms with van der Waals surface area (Å²) in [5.74, 6) is 0.0100. The number of hydrogen-bond donors (Lipinski definition) is 2. The van der Waals surface area contributed by atoms with Gasteiger partial charge in [-0.3, -0.25) is 4.79 Å². The van der Waals surface area contributed by atoms with Gasteiger partial charge in [0, 0.05) is 32.0 Å². The van der Waals surface area contributed by atoms with Crippen LogP contribution < -0.4 is 10.6 Å². The van der Waals surface area contributed by atoms with Gasteiger partial charge in [-0.25, -0.2) is 0 Å². The molecule has 3 rings (SSSR count). The molecule has 2 N–H and O–H groups in total. The van der Waals surface area contributed by atoms with Crippen LogP contribution >= 0.6 is 0 Å². The largest absolute Gasteiger partial charge is 0.359 e. The van der Waals surface area contributed by atoms with Gasteiger partial charge in [0.15, 0.2) is 0 Å². The molecule has 1 aromatic rings. The summed E-state index contributed by atoms with van der Waals surface area (Å²) in [7, 11) is 0. The van der Waals surface area contributed by atoms with E-state index in [1.165, 1.54) is 0 Å². The number of nitrogens with zero attached hydrogens (tertiary/aromatic N) is 1. The highest BCUT2D eigenvalue weighted by atomic mass is 16.5. The number of rotatable bonds is 4. The first-order chi connectivity index (χ1) is 11.7. The quantitative estimate of drug-likeness (QED) is 0.891. The van der Waals surface area contributed by atoms with Crippen molar-refractivity contribution in [2.45, 2.75) is 32.4 Å². The van der Waals surface area contributed by atoms with E-state index in [0.29, 0.717) is 12.0 Å². The predicted octanol–water partition coefficient (Wildman–Crippen LogP) is 2.27. The summed E-state index contributed by atoms with van der Waals surface area (Å²) in [5.41, 5.74) is 3.95.